The summed E-state index contributed by atoms with van der Waals surface area (Å²) in [4.78, 5) is 48.5. The lowest BCUT2D eigenvalue weighted by Gasteiger charge is -2.28. The van der Waals surface area contributed by atoms with Gasteiger partial charge in [0.1, 0.15) is 17.1 Å². The van der Waals surface area contributed by atoms with Crippen molar-refractivity contribution in [2.75, 3.05) is 30.7 Å². The lowest BCUT2D eigenvalue weighted by molar-refractivity contribution is -0.147. The fraction of sp³-hybridized carbons (Fsp3) is 0.382. The Hall–Kier alpha value is -3.43. The zero-order chi connectivity index (χ0) is 36.6. The summed E-state index contributed by atoms with van der Waals surface area (Å²) in [7, 11) is -7.77. The van der Waals surface area contributed by atoms with Crippen molar-refractivity contribution in [2.24, 2.45) is 0 Å². The van der Waals surface area contributed by atoms with E-state index in [0.29, 0.717) is 35.3 Å². The Balaban J connectivity index is 1.04. The predicted molar refractivity (Wildman–Crippen MR) is 197 cm³/mol. The van der Waals surface area contributed by atoms with Gasteiger partial charge < -0.3 is 25.5 Å². The Kier molecular flexibility index (Phi) is 13.2. The van der Waals surface area contributed by atoms with Gasteiger partial charge in [-0.2, -0.15) is 0 Å². The molecule has 51 heavy (non-hydrogen) atoms. The topological polar surface area (TPSA) is 194 Å². The van der Waals surface area contributed by atoms with E-state index in [0.717, 1.165) is 23.4 Å². The van der Waals surface area contributed by atoms with E-state index in [1.807, 2.05) is 18.2 Å². The van der Waals surface area contributed by atoms with Crippen LogP contribution < -0.4 is 20.1 Å². The zero-order valence-corrected chi connectivity index (χ0v) is 31.0. The molecule has 1 fully saturated rings. The van der Waals surface area contributed by atoms with Crippen LogP contribution in [0.2, 0.25) is 5.02 Å². The molecule has 2 unspecified atom stereocenters. The summed E-state index contributed by atoms with van der Waals surface area (Å²) in [6, 6.07) is 18.8. The molecule has 0 aromatic heterocycles. The SMILES string of the molecule is O=C(NCCCCP(=O)(O)CC(=O)N1CCCC1C(=O)O)c1ccc(CNS(=O)(=O)c2cc3c(cc2Cl)N[C@H](CCc2ccccc2)NS3)cc1. The fourth-order valence-corrected chi connectivity index (χ4v) is 9.87. The number of amides is 2. The number of aliphatic carboxylic acids is 1. The van der Waals surface area contributed by atoms with Gasteiger partial charge >= 0.3 is 5.97 Å². The Bertz CT molecular complexity index is 1890. The molecule has 0 bridgehead atoms. The summed E-state index contributed by atoms with van der Waals surface area (Å²) in [6.07, 6.45) is 2.52. The molecule has 2 amide bonds. The van der Waals surface area contributed by atoms with E-state index in [1.165, 1.54) is 23.6 Å². The molecule has 0 radical (unpaired) electrons. The van der Waals surface area contributed by atoms with Gasteiger partial charge in [-0.1, -0.05) is 54.1 Å². The van der Waals surface area contributed by atoms with Crippen LogP contribution in [-0.4, -0.2) is 78.7 Å². The quantitative estimate of drug-likeness (QED) is 0.0674. The average molecular weight is 778 g/mol. The Morgan fingerprint density at radius 1 is 1.04 bits per heavy atom. The first kappa shape index (κ1) is 38.8. The van der Waals surface area contributed by atoms with E-state index < -0.39 is 41.5 Å². The van der Waals surface area contributed by atoms with Crippen LogP contribution in [0.15, 0.2) is 76.5 Å². The number of halogens is 1. The minimum absolute atomic E-state index is 0.0170. The standard InChI is InChI=1S/C34H41ClN5O8PS2/c35-26-19-27-29(50-39-31(38-27)15-12-23-7-2-1-3-8-23)20-30(26)51(47,48)37-21-24-10-13-25(14-11-24)33(42)36-16-4-5-18-49(45,46)22-32(41)40-17-6-9-28(40)34(43)44/h1-3,7-8,10-11,13-14,19-20,28,31,37-39H,4-6,9,12,15-18,21-22H2,(H,36,42)(H,43,44)(H,45,46)/t28?,31-/m0/s1. The molecule has 1 saturated heterocycles. The predicted octanol–water partition coefficient (Wildman–Crippen LogP) is 4.66. The third-order valence-corrected chi connectivity index (χ3v) is 13.3. The van der Waals surface area contributed by atoms with Crippen LogP contribution in [0.3, 0.4) is 0 Å². The number of anilines is 1. The van der Waals surface area contributed by atoms with Gasteiger partial charge in [-0.3, -0.25) is 14.2 Å². The summed E-state index contributed by atoms with van der Waals surface area (Å²) >= 11 is 7.80. The first-order valence-corrected chi connectivity index (χ1v) is 21.3. The molecule has 274 valence electrons. The van der Waals surface area contributed by atoms with Gasteiger partial charge in [0.15, 0.2) is 0 Å². The summed E-state index contributed by atoms with van der Waals surface area (Å²) in [5, 5.41) is 15.5. The van der Waals surface area contributed by atoms with E-state index >= 15 is 0 Å². The molecule has 2 aliphatic heterocycles. The number of carbonyl (C=O) groups is 3. The van der Waals surface area contributed by atoms with E-state index in [1.54, 1.807) is 30.3 Å². The molecule has 0 spiro atoms. The molecular weight excluding hydrogens is 737 g/mol. The first-order valence-electron chi connectivity index (χ1n) is 16.6. The molecule has 0 saturated carbocycles. The smallest absolute Gasteiger partial charge is 0.326 e. The number of unbranched alkanes of at least 4 members (excludes halogenated alkanes) is 1. The molecule has 0 aliphatic carbocycles. The van der Waals surface area contributed by atoms with Crippen molar-refractivity contribution in [3.8, 4) is 0 Å². The second-order valence-electron chi connectivity index (χ2n) is 12.5. The molecule has 5 rings (SSSR count). The number of carbonyl (C=O) groups excluding carboxylic acids is 2. The number of benzene rings is 3. The molecule has 3 atom stereocenters. The molecule has 3 aromatic rings. The van der Waals surface area contributed by atoms with Crippen molar-refractivity contribution < 1.29 is 37.4 Å². The number of carboxylic acids is 1. The largest absolute Gasteiger partial charge is 0.480 e. The minimum atomic E-state index is -3.97. The molecule has 6 N–H and O–H groups in total. The second-order valence-corrected chi connectivity index (χ2v) is 18.0. The zero-order valence-electron chi connectivity index (χ0n) is 27.7. The number of hydrogen-bond acceptors (Lipinski definition) is 9. The molecule has 2 aliphatic rings. The van der Waals surface area contributed by atoms with Gasteiger partial charge in [0.25, 0.3) is 5.91 Å². The van der Waals surface area contributed by atoms with E-state index in [9.17, 15) is 37.4 Å². The van der Waals surface area contributed by atoms with Gasteiger partial charge in [0.2, 0.25) is 23.3 Å². The molecule has 3 aromatic carbocycles. The highest BCUT2D eigenvalue weighted by molar-refractivity contribution is 7.97. The van der Waals surface area contributed by atoms with Crippen LogP contribution in [0, 0.1) is 0 Å². The lowest BCUT2D eigenvalue weighted by atomic mass is 10.1. The van der Waals surface area contributed by atoms with Crippen molar-refractivity contribution in [1.29, 1.82) is 0 Å². The number of carboxylic acid groups (broad SMARTS) is 1. The maximum atomic E-state index is 13.2. The minimum Gasteiger partial charge on any atom is -0.480 e. The maximum Gasteiger partial charge on any atom is 0.326 e. The Labute approximate surface area is 306 Å². The first-order chi connectivity index (χ1) is 24.3. The highest BCUT2D eigenvalue weighted by Gasteiger charge is 2.36. The number of aryl methyl sites for hydroxylation is 1. The number of nitrogens with zero attached hydrogens (tertiary/aromatic N) is 1. The second kappa shape index (κ2) is 17.4. The molecular formula is C34H41ClN5O8PS2. The van der Waals surface area contributed by atoms with Crippen LogP contribution in [0.1, 0.15) is 53.6 Å². The molecule has 2 heterocycles. The van der Waals surface area contributed by atoms with Gasteiger partial charge in [-0.25, -0.2) is 22.7 Å². The van der Waals surface area contributed by atoms with Crippen LogP contribution in [0.25, 0.3) is 0 Å². The maximum absolute atomic E-state index is 13.2. The van der Waals surface area contributed by atoms with Crippen molar-refractivity contribution >= 4 is 64.4 Å². The highest BCUT2D eigenvalue weighted by atomic mass is 35.5. The normalized spacial score (nSPS) is 18.4. The van der Waals surface area contributed by atoms with E-state index in [-0.39, 0.29) is 54.2 Å². The number of sulfonamides is 1. The third-order valence-electron chi connectivity index (χ3n) is 8.67. The highest BCUT2D eigenvalue weighted by Crippen LogP contribution is 2.42. The fourth-order valence-electron chi connectivity index (χ4n) is 5.90. The van der Waals surface area contributed by atoms with Crippen molar-refractivity contribution in [3.63, 3.8) is 0 Å². The third kappa shape index (κ3) is 10.8. The Morgan fingerprint density at radius 2 is 1.78 bits per heavy atom. The Morgan fingerprint density at radius 3 is 2.51 bits per heavy atom. The van der Waals surface area contributed by atoms with Gasteiger partial charge in [-0.05, 0) is 85.9 Å². The number of nitrogens with one attached hydrogen (secondary N) is 4. The van der Waals surface area contributed by atoms with Crippen LogP contribution >= 0.6 is 30.9 Å². The number of likely N-dealkylation sites (tertiary alicyclic amines) is 1. The number of hydrogen-bond donors (Lipinski definition) is 6. The molecule has 13 nitrogen and oxygen atoms in total. The van der Waals surface area contributed by atoms with Crippen LogP contribution in [0.5, 0.6) is 0 Å². The van der Waals surface area contributed by atoms with Gasteiger partial charge in [0, 0.05) is 36.3 Å². The monoisotopic (exact) mass is 777 g/mol. The van der Waals surface area contributed by atoms with E-state index in [2.05, 4.69) is 32.2 Å². The number of rotatable bonds is 16. The van der Waals surface area contributed by atoms with Gasteiger partial charge in [0.05, 0.1) is 16.9 Å². The lowest BCUT2D eigenvalue weighted by Crippen LogP contribution is -2.41. The molecule has 17 heteroatoms. The van der Waals surface area contributed by atoms with Crippen molar-refractivity contribution in [3.05, 3.63) is 88.4 Å². The summed E-state index contributed by atoms with van der Waals surface area (Å²) in [5.74, 6) is -2.11. The summed E-state index contributed by atoms with van der Waals surface area (Å²) in [5.41, 5.74) is 2.97. The number of fused-ring (bicyclic) bond motifs is 1. The van der Waals surface area contributed by atoms with E-state index in [4.69, 9.17) is 11.6 Å². The van der Waals surface area contributed by atoms with Crippen molar-refractivity contribution in [1.82, 2.24) is 19.7 Å². The average Bonchev–Trinajstić information content (AvgIpc) is 3.61. The van der Waals surface area contributed by atoms with Crippen LogP contribution in [0.4, 0.5) is 5.69 Å². The van der Waals surface area contributed by atoms with Crippen LogP contribution in [-0.2, 0) is 37.1 Å². The van der Waals surface area contributed by atoms with Gasteiger partial charge in [-0.15, -0.1) is 0 Å². The summed E-state index contributed by atoms with van der Waals surface area (Å²) in [6.45, 7) is 0.469. The van der Waals surface area contributed by atoms with Crippen molar-refractivity contribution in [2.45, 2.75) is 67.1 Å². The summed E-state index contributed by atoms with van der Waals surface area (Å²) < 4.78 is 44.9.